The van der Waals surface area contributed by atoms with E-state index in [0.29, 0.717) is 18.5 Å². The maximum Gasteiger partial charge on any atom is 0.242 e. The molecule has 2 N–H and O–H groups in total. The van der Waals surface area contributed by atoms with E-state index in [0.717, 1.165) is 24.0 Å². The summed E-state index contributed by atoms with van der Waals surface area (Å²) in [5, 5.41) is 2.89. The van der Waals surface area contributed by atoms with Crippen LogP contribution in [0.3, 0.4) is 0 Å². The van der Waals surface area contributed by atoms with Gasteiger partial charge >= 0.3 is 0 Å². The number of halogens is 1. The Morgan fingerprint density at radius 1 is 0.921 bits per heavy atom. The second kappa shape index (κ2) is 12.3. The first kappa shape index (κ1) is 27.5. The van der Waals surface area contributed by atoms with Crippen molar-refractivity contribution < 1.29 is 22.4 Å². The molecule has 38 heavy (non-hydrogen) atoms. The summed E-state index contributed by atoms with van der Waals surface area (Å²) >= 11 is 0. The Hall–Kier alpha value is -3.56. The monoisotopic (exact) mass is 537 g/mol. The quantitative estimate of drug-likeness (QED) is 0.366. The molecule has 0 saturated heterocycles. The molecule has 0 aromatic heterocycles. The summed E-state index contributed by atoms with van der Waals surface area (Å²) in [6.07, 6.45) is 2.23. The minimum Gasteiger partial charge on any atom is -0.350 e. The molecule has 1 aliphatic rings. The number of carbonyl (C=O) groups is 2. The molecular formula is C29H32FN3O4S. The van der Waals surface area contributed by atoms with Crippen LogP contribution < -0.4 is 10.0 Å². The van der Waals surface area contributed by atoms with Crippen LogP contribution >= 0.6 is 0 Å². The van der Waals surface area contributed by atoms with Gasteiger partial charge in [-0.1, -0.05) is 54.6 Å². The molecule has 0 spiro atoms. The summed E-state index contributed by atoms with van der Waals surface area (Å²) in [6, 6.07) is 21.1. The van der Waals surface area contributed by atoms with E-state index in [1.807, 2.05) is 30.3 Å². The zero-order chi connectivity index (χ0) is 27.1. The SMILES string of the molecule is CC(C(=O)NCc1ccccc1)N(Cc1ccc(F)cc1)C(=O)CCc1ccc(S(=O)(=O)NC2CC2)cc1. The van der Waals surface area contributed by atoms with Crippen LogP contribution in [0.4, 0.5) is 4.39 Å². The molecule has 200 valence electrons. The van der Waals surface area contributed by atoms with Gasteiger partial charge in [0.2, 0.25) is 21.8 Å². The fourth-order valence-corrected chi connectivity index (χ4v) is 5.33. The van der Waals surface area contributed by atoms with Crippen molar-refractivity contribution in [2.75, 3.05) is 0 Å². The Kier molecular flexibility index (Phi) is 8.91. The summed E-state index contributed by atoms with van der Waals surface area (Å²) in [5.41, 5.74) is 2.47. The predicted octanol–water partition coefficient (Wildman–Crippen LogP) is 3.93. The summed E-state index contributed by atoms with van der Waals surface area (Å²) in [5.74, 6) is -0.899. The number of rotatable bonds is 12. The molecule has 0 bridgehead atoms. The Morgan fingerprint density at radius 2 is 1.55 bits per heavy atom. The zero-order valence-electron chi connectivity index (χ0n) is 21.3. The topological polar surface area (TPSA) is 95.6 Å². The molecule has 9 heteroatoms. The molecule has 1 atom stereocenters. The van der Waals surface area contributed by atoms with Gasteiger partial charge in [0.15, 0.2) is 0 Å². The molecule has 7 nitrogen and oxygen atoms in total. The maximum absolute atomic E-state index is 13.4. The number of aryl methyl sites for hydroxylation is 1. The average molecular weight is 538 g/mol. The Balaban J connectivity index is 1.41. The normalized spacial score (nSPS) is 14.1. The van der Waals surface area contributed by atoms with Gasteiger partial charge in [-0.2, -0.15) is 0 Å². The lowest BCUT2D eigenvalue weighted by Gasteiger charge is -2.29. The van der Waals surface area contributed by atoms with Crippen molar-refractivity contribution in [2.45, 2.75) is 62.7 Å². The van der Waals surface area contributed by atoms with E-state index in [-0.39, 0.29) is 41.5 Å². The number of hydrogen-bond acceptors (Lipinski definition) is 4. The molecule has 3 aromatic carbocycles. The van der Waals surface area contributed by atoms with Crippen molar-refractivity contribution in [3.8, 4) is 0 Å². The van der Waals surface area contributed by atoms with Gasteiger partial charge in [-0.25, -0.2) is 17.5 Å². The molecule has 1 saturated carbocycles. The van der Waals surface area contributed by atoms with Gasteiger partial charge in [0, 0.05) is 25.6 Å². The third kappa shape index (κ3) is 7.72. The van der Waals surface area contributed by atoms with Crippen LogP contribution in [0.2, 0.25) is 0 Å². The Labute approximate surface area is 223 Å². The number of nitrogens with one attached hydrogen (secondary N) is 2. The summed E-state index contributed by atoms with van der Waals surface area (Å²) < 4.78 is 40.9. The number of nitrogens with zero attached hydrogens (tertiary/aromatic N) is 1. The smallest absolute Gasteiger partial charge is 0.242 e. The minimum absolute atomic E-state index is 0.0243. The summed E-state index contributed by atoms with van der Waals surface area (Å²) in [6.45, 7) is 2.17. The van der Waals surface area contributed by atoms with Gasteiger partial charge in [-0.3, -0.25) is 9.59 Å². The van der Waals surface area contributed by atoms with E-state index in [4.69, 9.17) is 0 Å². The van der Waals surface area contributed by atoms with Crippen LogP contribution in [0.25, 0.3) is 0 Å². The predicted molar refractivity (Wildman–Crippen MR) is 143 cm³/mol. The highest BCUT2D eigenvalue weighted by Gasteiger charge is 2.28. The summed E-state index contributed by atoms with van der Waals surface area (Å²) in [4.78, 5) is 28.0. The lowest BCUT2D eigenvalue weighted by molar-refractivity contribution is -0.140. The van der Waals surface area contributed by atoms with Crippen molar-refractivity contribution in [3.05, 3.63) is 101 Å². The van der Waals surface area contributed by atoms with E-state index in [2.05, 4.69) is 10.0 Å². The van der Waals surface area contributed by atoms with Crippen molar-refractivity contribution >= 4 is 21.8 Å². The van der Waals surface area contributed by atoms with E-state index in [9.17, 15) is 22.4 Å². The molecule has 2 amide bonds. The maximum atomic E-state index is 13.4. The highest BCUT2D eigenvalue weighted by atomic mass is 32.2. The molecule has 0 heterocycles. The van der Waals surface area contributed by atoms with Crippen molar-refractivity contribution in [1.82, 2.24) is 14.9 Å². The second-order valence-corrected chi connectivity index (χ2v) is 11.3. The summed E-state index contributed by atoms with van der Waals surface area (Å²) in [7, 11) is -3.54. The molecule has 1 aliphatic carbocycles. The van der Waals surface area contributed by atoms with Crippen LogP contribution in [-0.4, -0.2) is 37.2 Å². The van der Waals surface area contributed by atoms with Crippen LogP contribution in [-0.2, 0) is 39.1 Å². The lowest BCUT2D eigenvalue weighted by Crippen LogP contribution is -2.47. The number of amides is 2. The van der Waals surface area contributed by atoms with Crippen LogP contribution in [0, 0.1) is 5.82 Å². The van der Waals surface area contributed by atoms with Gasteiger partial charge in [0.25, 0.3) is 0 Å². The largest absolute Gasteiger partial charge is 0.350 e. The first-order valence-electron chi connectivity index (χ1n) is 12.7. The van der Waals surface area contributed by atoms with Gasteiger partial charge in [0.05, 0.1) is 4.90 Å². The number of sulfonamides is 1. The second-order valence-electron chi connectivity index (χ2n) is 9.57. The first-order valence-corrected chi connectivity index (χ1v) is 14.2. The number of hydrogen-bond donors (Lipinski definition) is 2. The number of carbonyl (C=O) groups excluding carboxylic acids is 2. The van der Waals surface area contributed by atoms with E-state index in [1.54, 1.807) is 43.3 Å². The molecular weight excluding hydrogens is 505 g/mol. The Bertz CT molecular complexity index is 1340. The van der Waals surface area contributed by atoms with Crippen molar-refractivity contribution in [2.24, 2.45) is 0 Å². The molecule has 1 fully saturated rings. The van der Waals surface area contributed by atoms with E-state index in [1.165, 1.54) is 17.0 Å². The minimum atomic E-state index is -3.54. The van der Waals surface area contributed by atoms with E-state index >= 15 is 0 Å². The molecule has 0 aliphatic heterocycles. The van der Waals surface area contributed by atoms with Crippen molar-refractivity contribution in [1.29, 1.82) is 0 Å². The average Bonchev–Trinajstić information content (AvgIpc) is 3.74. The van der Waals surface area contributed by atoms with Crippen LogP contribution in [0.15, 0.2) is 83.8 Å². The van der Waals surface area contributed by atoms with Crippen molar-refractivity contribution in [3.63, 3.8) is 0 Å². The van der Waals surface area contributed by atoms with Gasteiger partial charge < -0.3 is 10.2 Å². The van der Waals surface area contributed by atoms with E-state index < -0.39 is 16.1 Å². The highest BCUT2D eigenvalue weighted by molar-refractivity contribution is 7.89. The fraction of sp³-hybridized carbons (Fsp3) is 0.310. The molecule has 3 aromatic rings. The van der Waals surface area contributed by atoms with Gasteiger partial charge in [-0.15, -0.1) is 0 Å². The van der Waals surface area contributed by atoms with Crippen LogP contribution in [0.5, 0.6) is 0 Å². The molecule has 0 radical (unpaired) electrons. The first-order chi connectivity index (χ1) is 18.2. The van der Waals surface area contributed by atoms with Gasteiger partial charge in [-0.05, 0) is 67.1 Å². The third-order valence-corrected chi connectivity index (χ3v) is 8.04. The lowest BCUT2D eigenvalue weighted by atomic mass is 10.1. The van der Waals surface area contributed by atoms with Gasteiger partial charge in [0.1, 0.15) is 11.9 Å². The zero-order valence-corrected chi connectivity index (χ0v) is 22.1. The third-order valence-electron chi connectivity index (χ3n) is 6.50. The molecule has 4 rings (SSSR count). The molecule has 1 unspecified atom stereocenters. The number of benzene rings is 3. The van der Waals surface area contributed by atoms with Crippen LogP contribution in [0.1, 0.15) is 42.9 Å². The standard InChI is InChI=1S/C29H32FN3O4S/c1-21(29(35)31-19-23-5-3-2-4-6-23)33(20-24-7-12-25(30)13-8-24)28(34)18-11-22-9-16-27(17-10-22)38(36,37)32-26-14-15-26/h2-10,12-13,16-17,21,26,32H,11,14-15,18-20H2,1H3,(H,31,35). The fourth-order valence-electron chi connectivity index (χ4n) is 4.02. The highest BCUT2D eigenvalue weighted by Crippen LogP contribution is 2.22. The Morgan fingerprint density at radius 3 is 2.18 bits per heavy atom.